The lowest BCUT2D eigenvalue weighted by molar-refractivity contribution is -0.141. The lowest BCUT2D eigenvalue weighted by Gasteiger charge is -2.23. The van der Waals surface area contributed by atoms with Crippen LogP contribution < -0.4 is 10.6 Å². The van der Waals surface area contributed by atoms with Gasteiger partial charge in [-0.05, 0) is 30.9 Å². The van der Waals surface area contributed by atoms with Gasteiger partial charge in [0.2, 0.25) is 5.91 Å². The standard InChI is InChI=1S/C15H18N2O4/c18-12-7-6-10(8-9-16-12)13(15(20)21)17-14(19)11-4-2-1-3-5-11/h1-5,10,13H,6-9H2,(H,16,18)(H,17,19)(H,20,21). The second kappa shape index (κ2) is 6.88. The fourth-order valence-corrected chi connectivity index (χ4v) is 2.47. The first-order valence-electron chi connectivity index (χ1n) is 6.93. The molecule has 1 saturated heterocycles. The summed E-state index contributed by atoms with van der Waals surface area (Å²) in [5.74, 6) is -1.81. The zero-order chi connectivity index (χ0) is 15.2. The molecule has 6 heteroatoms. The monoisotopic (exact) mass is 290 g/mol. The average molecular weight is 290 g/mol. The molecule has 0 bridgehead atoms. The molecule has 1 aromatic rings. The Labute approximate surface area is 122 Å². The van der Waals surface area contributed by atoms with Crippen molar-refractivity contribution < 1.29 is 19.5 Å². The van der Waals surface area contributed by atoms with Crippen LogP contribution in [0.4, 0.5) is 0 Å². The molecule has 2 unspecified atom stereocenters. The van der Waals surface area contributed by atoms with Gasteiger partial charge in [0.05, 0.1) is 0 Å². The second-order valence-electron chi connectivity index (χ2n) is 5.09. The Hall–Kier alpha value is -2.37. The van der Waals surface area contributed by atoms with E-state index in [0.29, 0.717) is 24.9 Å². The van der Waals surface area contributed by atoms with E-state index in [4.69, 9.17) is 0 Å². The van der Waals surface area contributed by atoms with Gasteiger partial charge in [-0.1, -0.05) is 18.2 Å². The van der Waals surface area contributed by atoms with Gasteiger partial charge < -0.3 is 15.7 Å². The third-order valence-electron chi connectivity index (χ3n) is 3.64. The molecule has 0 aromatic heterocycles. The van der Waals surface area contributed by atoms with Gasteiger partial charge in [0.15, 0.2) is 0 Å². The lowest BCUT2D eigenvalue weighted by Crippen LogP contribution is -2.46. The van der Waals surface area contributed by atoms with Crippen molar-refractivity contribution in [3.05, 3.63) is 35.9 Å². The molecule has 0 spiro atoms. The number of carboxylic acid groups (broad SMARTS) is 1. The highest BCUT2D eigenvalue weighted by Gasteiger charge is 2.31. The van der Waals surface area contributed by atoms with E-state index < -0.39 is 17.9 Å². The molecule has 2 amide bonds. The van der Waals surface area contributed by atoms with Crippen LogP contribution in [0, 0.1) is 5.92 Å². The van der Waals surface area contributed by atoms with Gasteiger partial charge in [-0.3, -0.25) is 9.59 Å². The predicted octanol–water partition coefficient (Wildman–Crippen LogP) is 0.786. The van der Waals surface area contributed by atoms with Crippen LogP contribution in [0.3, 0.4) is 0 Å². The van der Waals surface area contributed by atoms with E-state index in [1.807, 2.05) is 0 Å². The van der Waals surface area contributed by atoms with Crippen molar-refractivity contribution in [2.45, 2.75) is 25.3 Å². The molecule has 0 saturated carbocycles. The molecule has 0 aliphatic carbocycles. The van der Waals surface area contributed by atoms with Gasteiger partial charge in [0.1, 0.15) is 6.04 Å². The molecule has 2 atom stereocenters. The maximum atomic E-state index is 12.1. The number of hydrogen-bond acceptors (Lipinski definition) is 3. The summed E-state index contributed by atoms with van der Waals surface area (Å²) >= 11 is 0. The van der Waals surface area contributed by atoms with E-state index in [-0.39, 0.29) is 18.2 Å². The van der Waals surface area contributed by atoms with Crippen molar-refractivity contribution in [1.82, 2.24) is 10.6 Å². The van der Waals surface area contributed by atoms with E-state index >= 15 is 0 Å². The van der Waals surface area contributed by atoms with Crippen molar-refractivity contribution in [2.24, 2.45) is 5.92 Å². The van der Waals surface area contributed by atoms with Crippen LogP contribution in [0.2, 0.25) is 0 Å². The lowest BCUT2D eigenvalue weighted by atomic mass is 9.91. The van der Waals surface area contributed by atoms with Crippen molar-refractivity contribution in [2.75, 3.05) is 6.54 Å². The smallest absolute Gasteiger partial charge is 0.326 e. The number of hydrogen-bond donors (Lipinski definition) is 3. The van der Waals surface area contributed by atoms with Crippen molar-refractivity contribution in [1.29, 1.82) is 0 Å². The Bertz CT molecular complexity index is 530. The molecule has 112 valence electrons. The van der Waals surface area contributed by atoms with E-state index in [9.17, 15) is 19.5 Å². The van der Waals surface area contributed by atoms with E-state index in [1.165, 1.54) is 0 Å². The van der Waals surface area contributed by atoms with Crippen LogP contribution in [0.1, 0.15) is 29.6 Å². The molecule has 3 N–H and O–H groups in total. The van der Waals surface area contributed by atoms with Crippen LogP contribution in [0.5, 0.6) is 0 Å². The molecule has 2 rings (SSSR count). The zero-order valence-electron chi connectivity index (χ0n) is 11.5. The summed E-state index contributed by atoms with van der Waals surface area (Å²) in [6.45, 7) is 0.439. The second-order valence-corrected chi connectivity index (χ2v) is 5.09. The number of benzene rings is 1. The maximum absolute atomic E-state index is 12.1. The van der Waals surface area contributed by atoms with Gasteiger partial charge in [-0.15, -0.1) is 0 Å². The molecule has 0 radical (unpaired) electrons. The van der Waals surface area contributed by atoms with Crippen LogP contribution in [0.25, 0.3) is 0 Å². The largest absolute Gasteiger partial charge is 0.480 e. The van der Waals surface area contributed by atoms with Crippen LogP contribution in [0.15, 0.2) is 30.3 Å². The number of nitrogens with one attached hydrogen (secondary N) is 2. The van der Waals surface area contributed by atoms with E-state index in [0.717, 1.165) is 0 Å². The van der Waals surface area contributed by atoms with Crippen molar-refractivity contribution >= 4 is 17.8 Å². The van der Waals surface area contributed by atoms with Gasteiger partial charge in [-0.2, -0.15) is 0 Å². The number of rotatable bonds is 4. The molecular weight excluding hydrogens is 272 g/mol. The molecule has 6 nitrogen and oxygen atoms in total. The Kier molecular flexibility index (Phi) is 4.92. The third kappa shape index (κ3) is 4.05. The zero-order valence-corrected chi connectivity index (χ0v) is 11.5. The molecule has 1 aliphatic heterocycles. The molecular formula is C15H18N2O4. The number of aliphatic carboxylic acids is 1. The minimum atomic E-state index is -1.07. The van der Waals surface area contributed by atoms with Crippen LogP contribution in [-0.2, 0) is 9.59 Å². The number of carbonyl (C=O) groups excluding carboxylic acids is 2. The highest BCUT2D eigenvalue weighted by molar-refractivity contribution is 5.96. The molecule has 21 heavy (non-hydrogen) atoms. The summed E-state index contributed by atoms with van der Waals surface area (Å²) in [5.41, 5.74) is 0.423. The van der Waals surface area contributed by atoms with E-state index in [2.05, 4.69) is 10.6 Å². The summed E-state index contributed by atoms with van der Waals surface area (Å²) in [5, 5.41) is 14.6. The van der Waals surface area contributed by atoms with Gasteiger partial charge in [-0.25, -0.2) is 4.79 Å². The van der Waals surface area contributed by atoms with Crippen molar-refractivity contribution in [3.63, 3.8) is 0 Å². The molecule has 1 aromatic carbocycles. The quantitative estimate of drug-likeness (QED) is 0.764. The average Bonchev–Trinajstić information content (AvgIpc) is 2.70. The Morgan fingerprint density at radius 3 is 2.62 bits per heavy atom. The summed E-state index contributed by atoms with van der Waals surface area (Å²) in [4.78, 5) is 34.9. The topological polar surface area (TPSA) is 95.5 Å². The first kappa shape index (κ1) is 15.0. The number of carboxylic acids is 1. The first-order valence-corrected chi connectivity index (χ1v) is 6.93. The van der Waals surface area contributed by atoms with Crippen molar-refractivity contribution in [3.8, 4) is 0 Å². The van der Waals surface area contributed by atoms with Crippen LogP contribution in [-0.4, -0.2) is 35.5 Å². The summed E-state index contributed by atoms with van der Waals surface area (Å²) in [6, 6.07) is 7.51. The number of amides is 2. The third-order valence-corrected chi connectivity index (χ3v) is 3.64. The summed E-state index contributed by atoms with van der Waals surface area (Å²) < 4.78 is 0. The Morgan fingerprint density at radius 1 is 1.24 bits per heavy atom. The fourth-order valence-electron chi connectivity index (χ4n) is 2.47. The Morgan fingerprint density at radius 2 is 1.95 bits per heavy atom. The van der Waals surface area contributed by atoms with Crippen LogP contribution >= 0.6 is 0 Å². The van der Waals surface area contributed by atoms with Gasteiger partial charge in [0, 0.05) is 18.5 Å². The highest BCUT2D eigenvalue weighted by atomic mass is 16.4. The fraction of sp³-hybridized carbons (Fsp3) is 0.400. The normalized spacial score (nSPS) is 20.0. The predicted molar refractivity (Wildman–Crippen MR) is 75.7 cm³/mol. The van der Waals surface area contributed by atoms with Gasteiger partial charge >= 0.3 is 5.97 Å². The maximum Gasteiger partial charge on any atom is 0.326 e. The number of carbonyl (C=O) groups is 3. The minimum absolute atomic E-state index is 0.0731. The summed E-state index contributed by atoms with van der Waals surface area (Å²) in [6.07, 6.45) is 1.28. The van der Waals surface area contributed by atoms with Gasteiger partial charge in [0.25, 0.3) is 5.91 Å². The van der Waals surface area contributed by atoms with E-state index in [1.54, 1.807) is 30.3 Å². The summed E-state index contributed by atoms with van der Waals surface area (Å²) in [7, 11) is 0. The molecule has 1 aliphatic rings. The first-order chi connectivity index (χ1) is 10.1. The Balaban J connectivity index is 2.07. The molecule has 1 fully saturated rings. The highest BCUT2D eigenvalue weighted by Crippen LogP contribution is 2.19. The SMILES string of the molecule is O=C1CCC(C(NC(=O)c2ccccc2)C(=O)O)CCN1. The molecule has 1 heterocycles. The minimum Gasteiger partial charge on any atom is -0.480 e.